The Morgan fingerprint density at radius 2 is 2.13 bits per heavy atom. The third-order valence-corrected chi connectivity index (χ3v) is 4.13. The summed E-state index contributed by atoms with van der Waals surface area (Å²) in [7, 11) is 0. The SMILES string of the molecule is C[C@@H]1CCNc2cccc(-c3cnn(-c4ccccn4)c3)c2N1. The van der Waals surface area contributed by atoms with Crippen molar-refractivity contribution in [2.24, 2.45) is 0 Å². The zero-order valence-corrected chi connectivity index (χ0v) is 13.0. The average Bonchev–Trinajstić information content (AvgIpc) is 2.98. The Balaban J connectivity index is 1.76. The van der Waals surface area contributed by atoms with E-state index >= 15 is 0 Å². The quantitative estimate of drug-likeness (QED) is 0.760. The zero-order valence-electron chi connectivity index (χ0n) is 13.0. The van der Waals surface area contributed by atoms with Crippen LogP contribution in [-0.2, 0) is 0 Å². The van der Waals surface area contributed by atoms with Gasteiger partial charge in [0, 0.05) is 36.1 Å². The lowest BCUT2D eigenvalue weighted by Crippen LogP contribution is -2.15. The highest BCUT2D eigenvalue weighted by atomic mass is 15.3. The molecule has 23 heavy (non-hydrogen) atoms. The standard InChI is InChI=1S/C18H19N5/c1-13-8-10-19-16-6-4-5-15(18(16)22-13)14-11-21-23(12-14)17-7-2-3-9-20-17/h2-7,9,11-13,19,22H,8,10H2,1H3/t13-/m1/s1. The van der Waals surface area contributed by atoms with Gasteiger partial charge < -0.3 is 10.6 Å². The Bertz CT molecular complexity index is 809. The molecule has 0 fully saturated rings. The van der Waals surface area contributed by atoms with Gasteiger partial charge in [-0.15, -0.1) is 0 Å². The summed E-state index contributed by atoms with van der Waals surface area (Å²) >= 11 is 0. The molecular formula is C18H19N5. The lowest BCUT2D eigenvalue weighted by atomic mass is 10.1. The van der Waals surface area contributed by atoms with Gasteiger partial charge in [0.25, 0.3) is 0 Å². The van der Waals surface area contributed by atoms with E-state index in [1.54, 1.807) is 6.20 Å². The number of nitrogens with one attached hydrogen (secondary N) is 2. The summed E-state index contributed by atoms with van der Waals surface area (Å²) in [5.41, 5.74) is 4.54. The summed E-state index contributed by atoms with van der Waals surface area (Å²) in [5, 5.41) is 11.6. The predicted octanol–water partition coefficient (Wildman–Crippen LogP) is 3.55. The van der Waals surface area contributed by atoms with E-state index in [-0.39, 0.29) is 0 Å². The van der Waals surface area contributed by atoms with Crippen molar-refractivity contribution in [1.82, 2.24) is 14.8 Å². The van der Waals surface area contributed by atoms with Gasteiger partial charge in [0.15, 0.2) is 5.82 Å². The monoisotopic (exact) mass is 305 g/mol. The van der Waals surface area contributed by atoms with Crippen LogP contribution in [0.25, 0.3) is 16.9 Å². The Hall–Kier alpha value is -2.82. The molecule has 1 aliphatic rings. The number of anilines is 2. The molecule has 0 unspecified atom stereocenters. The molecule has 0 radical (unpaired) electrons. The molecule has 2 N–H and O–H groups in total. The van der Waals surface area contributed by atoms with Crippen LogP contribution in [0.4, 0.5) is 11.4 Å². The molecule has 3 aromatic rings. The molecule has 116 valence electrons. The fourth-order valence-electron chi connectivity index (χ4n) is 2.91. The summed E-state index contributed by atoms with van der Waals surface area (Å²) in [6, 6.07) is 12.6. The van der Waals surface area contributed by atoms with Gasteiger partial charge in [-0.25, -0.2) is 9.67 Å². The molecule has 0 saturated carbocycles. The van der Waals surface area contributed by atoms with E-state index < -0.39 is 0 Å². The number of pyridine rings is 1. The van der Waals surface area contributed by atoms with Crippen LogP contribution in [0.2, 0.25) is 0 Å². The van der Waals surface area contributed by atoms with E-state index in [1.165, 1.54) is 0 Å². The van der Waals surface area contributed by atoms with Crippen LogP contribution in [0.3, 0.4) is 0 Å². The smallest absolute Gasteiger partial charge is 0.153 e. The minimum absolute atomic E-state index is 0.440. The second-order valence-electron chi connectivity index (χ2n) is 5.85. The van der Waals surface area contributed by atoms with E-state index in [1.807, 2.05) is 35.3 Å². The van der Waals surface area contributed by atoms with E-state index in [9.17, 15) is 0 Å². The molecule has 0 saturated heterocycles. The number of aromatic nitrogens is 3. The van der Waals surface area contributed by atoms with Crippen molar-refractivity contribution in [1.29, 1.82) is 0 Å². The average molecular weight is 305 g/mol. The van der Waals surface area contributed by atoms with Gasteiger partial charge >= 0.3 is 0 Å². The first-order valence-corrected chi connectivity index (χ1v) is 7.91. The van der Waals surface area contributed by atoms with E-state index in [2.05, 4.69) is 45.8 Å². The summed E-state index contributed by atoms with van der Waals surface area (Å²) in [4.78, 5) is 4.34. The Labute approximate surface area is 135 Å². The maximum Gasteiger partial charge on any atom is 0.153 e. The molecule has 3 heterocycles. The van der Waals surface area contributed by atoms with Gasteiger partial charge in [0.2, 0.25) is 0 Å². The molecule has 1 aromatic carbocycles. The molecule has 0 spiro atoms. The summed E-state index contributed by atoms with van der Waals surface area (Å²) in [6.07, 6.45) is 6.79. The van der Waals surface area contributed by atoms with Crippen LogP contribution in [0.5, 0.6) is 0 Å². The maximum atomic E-state index is 4.46. The van der Waals surface area contributed by atoms with Crippen molar-refractivity contribution < 1.29 is 0 Å². The molecule has 0 aliphatic carbocycles. The fourth-order valence-corrected chi connectivity index (χ4v) is 2.91. The highest BCUT2D eigenvalue weighted by Crippen LogP contribution is 2.36. The second-order valence-corrected chi connectivity index (χ2v) is 5.85. The molecule has 2 aromatic heterocycles. The summed E-state index contributed by atoms with van der Waals surface area (Å²) < 4.78 is 1.81. The molecule has 1 atom stereocenters. The molecular weight excluding hydrogens is 286 g/mol. The van der Waals surface area contributed by atoms with Crippen LogP contribution in [-0.4, -0.2) is 27.4 Å². The molecule has 0 bridgehead atoms. The van der Waals surface area contributed by atoms with Gasteiger partial charge in [-0.1, -0.05) is 18.2 Å². The van der Waals surface area contributed by atoms with E-state index in [4.69, 9.17) is 0 Å². The highest BCUT2D eigenvalue weighted by Gasteiger charge is 2.17. The number of hydrogen-bond donors (Lipinski definition) is 2. The number of rotatable bonds is 2. The number of hydrogen-bond acceptors (Lipinski definition) is 4. The molecule has 4 rings (SSSR count). The van der Waals surface area contributed by atoms with Gasteiger partial charge in [-0.2, -0.15) is 5.10 Å². The van der Waals surface area contributed by atoms with Crippen LogP contribution >= 0.6 is 0 Å². The van der Waals surface area contributed by atoms with E-state index in [0.717, 1.165) is 41.3 Å². The Kier molecular flexibility index (Phi) is 3.46. The maximum absolute atomic E-state index is 4.46. The van der Waals surface area contributed by atoms with Crippen molar-refractivity contribution in [3.8, 4) is 16.9 Å². The molecule has 0 amide bonds. The first-order chi connectivity index (χ1) is 11.3. The topological polar surface area (TPSA) is 54.8 Å². The predicted molar refractivity (Wildman–Crippen MR) is 93.0 cm³/mol. The van der Waals surface area contributed by atoms with Crippen molar-refractivity contribution in [2.45, 2.75) is 19.4 Å². The zero-order chi connectivity index (χ0) is 15.6. The van der Waals surface area contributed by atoms with Crippen LogP contribution in [0, 0.1) is 0 Å². The van der Waals surface area contributed by atoms with Crippen molar-refractivity contribution in [3.05, 3.63) is 55.0 Å². The number of para-hydroxylation sites is 1. The minimum atomic E-state index is 0.440. The van der Waals surface area contributed by atoms with Crippen molar-refractivity contribution >= 4 is 11.4 Å². The number of benzene rings is 1. The largest absolute Gasteiger partial charge is 0.383 e. The highest BCUT2D eigenvalue weighted by molar-refractivity contribution is 5.87. The van der Waals surface area contributed by atoms with Crippen molar-refractivity contribution in [3.63, 3.8) is 0 Å². The molecule has 1 aliphatic heterocycles. The Morgan fingerprint density at radius 1 is 1.17 bits per heavy atom. The van der Waals surface area contributed by atoms with Gasteiger partial charge in [-0.3, -0.25) is 0 Å². The fraction of sp³-hybridized carbons (Fsp3) is 0.222. The number of fused-ring (bicyclic) bond motifs is 1. The normalized spacial score (nSPS) is 16.8. The lowest BCUT2D eigenvalue weighted by Gasteiger charge is -2.16. The summed E-state index contributed by atoms with van der Waals surface area (Å²) in [5.74, 6) is 0.820. The Morgan fingerprint density at radius 3 is 3.00 bits per heavy atom. The number of nitrogens with zero attached hydrogens (tertiary/aromatic N) is 3. The van der Waals surface area contributed by atoms with Crippen molar-refractivity contribution in [2.75, 3.05) is 17.2 Å². The lowest BCUT2D eigenvalue weighted by molar-refractivity contribution is 0.746. The first kappa shape index (κ1) is 13.8. The van der Waals surface area contributed by atoms with Gasteiger partial charge in [0.05, 0.1) is 17.6 Å². The van der Waals surface area contributed by atoms with Crippen LogP contribution < -0.4 is 10.6 Å². The van der Waals surface area contributed by atoms with E-state index in [0.29, 0.717) is 6.04 Å². The third-order valence-electron chi connectivity index (χ3n) is 4.13. The van der Waals surface area contributed by atoms with Crippen LogP contribution in [0.1, 0.15) is 13.3 Å². The summed E-state index contributed by atoms with van der Waals surface area (Å²) in [6.45, 7) is 3.20. The van der Waals surface area contributed by atoms with Gasteiger partial charge in [-0.05, 0) is 31.5 Å². The minimum Gasteiger partial charge on any atom is -0.383 e. The second kappa shape index (κ2) is 5.76. The molecule has 5 heteroatoms. The molecule has 5 nitrogen and oxygen atoms in total. The van der Waals surface area contributed by atoms with Crippen LogP contribution in [0.15, 0.2) is 55.0 Å². The third kappa shape index (κ3) is 2.65. The van der Waals surface area contributed by atoms with Gasteiger partial charge in [0.1, 0.15) is 0 Å². The first-order valence-electron chi connectivity index (χ1n) is 7.91.